The number of guanidine groups is 1. The first-order chi connectivity index (χ1) is 11.3. The summed E-state index contributed by atoms with van der Waals surface area (Å²) in [5, 5.41) is 4.22. The first kappa shape index (κ1) is 21.7. The van der Waals surface area contributed by atoms with Crippen molar-refractivity contribution in [1.29, 1.82) is 0 Å². The summed E-state index contributed by atoms with van der Waals surface area (Å²) in [6.45, 7) is 3.01. The predicted molar refractivity (Wildman–Crippen MR) is 105 cm³/mol. The van der Waals surface area contributed by atoms with Crippen molar-refractivity contribution in [2.75, 3.05) is 14.1 Å². The molecule has 2 rings (SSSR count). The van der Waals surface area contributed by atoms with Crippen molar-refractivity contribution in [3.63, 3.8) is 0 Å². The van der Waals surface area contributed by atoms with Gasteiger partial charge in [0.05, 0.1) is 17.1 Å². The van der Waals surface area contributed by atoms with Crippen LogP contribution in [-0.4, -0.2) is 29.9 Å². The van der Waals surface area contributed by atoms with E-state index in [2.05, 4.69) is 15.3 Å². The van der Waals surface area contributed by atoms with Gasteiger partial charge in [0.15, 0.2) is 5.96 Å². The number of aromatic nitrogens is 1. The maximum Gasteiger partial charge on any atom is 0.416 e. The molecule has 25 heavy (non-hydrogen) atoms. The summed E-state index contributed by atoms with van der Waals surface area (Å²) in [5.74, 6) is 0.668. The van der Waals surface area contributed by atoms with Crippen LogP contribution in [-0.2, 0) is 19.3 Å². The molecule has 1 aromatic carbocycles. The number of hydrogen-bond acceptors (Lipinski definition) is 3. The smallest absolute Gasteiger partial charge is 0.351 e. The van der Waals surface area contributed by atoms with E-state index in [0.717, 1.165) is 27.6 Å². The van der Waals surface area contributed by atoms with Crippen LogP contribution < -0.4 is 5.32 Å². The summed E-state index contributed by atoms with van der Waals surface area (Å²) in [6, 6.07) is 5.16. The Bertz CT molecular complexity index is 698. The lowest BCUT2D eigenvalue weighted by molar-refractivity contribution is -0.137. The van der Waals surface area contributed by atoms with E-state index in [0.29, 0.717) is 19.0 Å². The highest BCUT2D eigenvalue weighted by molar-refractivity contribution is 14.0. The van der Waals surface area contributed by atoms with Crippen LogP contribution in [0.2, 0.25) is 0 Å². The second kappa shape index (κ2) is 9.37. The molecule has 0 unspecified atom stereocenters. The Kier molecular flexibility index (Phi) is 8.13. The number of rotatable bonds is 4. The highest BCUT2D eigenvalue weighted by Crippen LogP contribution is 2.29. The highest BCUT2D eigenvalue weighted by Gasteiger charge is 2.29. The van der Waals surface area contributed by atoms with E-state index in [9.17, 15) is 13.2 Å². The lowest BCUT2D eigenvalue weighted by atomic mass is 10.1. The van der Waals surface area contributed by atoms with Gasteiger partial charge in [0.25, 0.3) is 0 Å². The molecule has 1 N–H and O–H groups in total. The number of hydrogen-bond donors (Lipinski definition) is 1. The first-order valence-corrected chi connectivity index (χ1v) is 8.10. The molecule has 1 aromatic heterocycles. The lowest BCUT2D eigenvalue weighted by Crippen LogP contribution is -2.37. The monoisotopic (exact) mass is 484 g/mol. The predicted octanol–water partition coefficient (Wildman–Crippen LogP) is 4.30. The van der Waals surface area contributed by atoms with Crippen molar-refractivity contribution in [2.45, 2.75) is 26.2 Å². The van der Waals surface area contributed by atoms with Crippen LogP contribution in [0.1, 0.15) is 21.0 Å². The van der Waals surface area contributed by atoms with E-state index in [4.69, 9.17) is 0 Å². The third kappa shape index (κ3) is 6.46. The molecule has 0 saturated heterocycles. The Morgan fingerprint density at radius 2 is 1.92 bits per heavy atom. The highest BCUT2D eigenvalue weighted by atomic mass is 127. The summed E-state index contributed by atoms with van der Waals surface area (Å²) in [5.41, 5.74) is 0.138. The van der Waals surface area contributed by atoms with Gasteiger partial charge in [-0.05, 0) is 24.6 Å². The van der Waals surface area contributed by atoms with E-state index in [1.807, 2.05) is 25.1 Å². The molecule has 0 atom stereocenters. The quantitative estimate of drug-likeness (QED) is 0.400. The van der Waals surface area contributed by atoms with Gasteiger partial charge in [-0.25, -0.2) is 4.98 Å². The normalized spacial score (nSPS) is 11.8. The number of nitrogens with one attached hydrogen (secondary N) is 1. The Balaban J connectivity index is 0.00000312. The molecule has 4 nitrogen and oxygen atoms in total. The summed E-state index contributed by atoms with van der Waals surface area (Å²) in [6.07, 6.45) is -2.49. The van der Waals surface area contributed by atoms with Gasteiger partial charge in [0, 0.05) is 31.7 Å². The molecular formula is C16H20F3IN4S. The lowest BCUT2D eigenvalue weighted by Gasteiger charge is -2.22. The average Bonchev–Trinajstić information content (AvgIpc) is 2.93. The van der Waals surface area contributed by atoms with Gasteiger partial charge < -0.3 is 10.2 Å². The van der Waals surface area contributed by atoms with Crippen LogP contribution in [0, 0.1) is 6.92 Å². The van der Waals surface area contributed by atoms with Gasteiger partial charge >= 0.3 is 6.18 Å². The topological polar surface area (TPSA) is 40.5 Å². The van der Waals surface area contributed by atoms with Crippen molar-refractivity contribution >= 4 is 41.3 Å². The second-order valence-electron chi connectivity index (χ2n) is 5.30. The van der Waals surface area contributed by atoms with Crippen molar-refractivity contribution in [3.8, 4) is 0 Å². The van der Waals surface area contributed by atoms with Crippen LogP contribution in [0.25, 0.3) is 0 Å². The number of alkyl halides is 3. The molecule has 0 amide bonds. The maximum absolute atomic E-state index is 12.6. The second-order valence-corrected chi connectivity index (χ2v) is 6.62. The average molecular weight is 484 g/mol. The molecule has 0 radical (unpaired) electrons. The number of aryl methyl sites for hydroxylation is 1. The largest absolute Gasteiger partial charge is 0.416 e. The molecule has 0 bridgehead atoms. The number of benzene rings is 1. The zero-order valence-corrected chi connectivity index (χ0v) is 17.2. The molecule has 2 aromatic rings. The summed E-state index contributed by atoms with van der Waals surface area (Å²) in [7, 11) is 3.51. The van der Waals surface area contributed by atoms with Crippen molar-refractivity contribution in [1.82, 2.24) is 15.2 Å². The third-order valence-corrected chi connectivity index (χ3v) is 4.28. The molecular weight excluding hydrogens is 464 g/mol. The van der Waals surface area contributed by atoms with Crippen LogP contribution in [0.4, 0.5) is 13.2 Å². The Morgan fingerprint density at radius 3 is 2.40 bits per heavy atom. The van der Waals surface area contributed by atoms with E-state index in [1.54, 1.807) is 18.4 Å². The Hall–Kier alpha value is -1.36. The minimum Gasteiger partial charge on any atom is -0.351 e. The van der Waals surface area contributed by atoms with E-state index >= 15 is 0 Å². The summed E-state index contributed by atoms with van der Waals surface area (Å²) < 4.78 is 37.8. The maximum atomic E-state index is 12.6. The van der Waals surface area contributed by atoms with Gasteiger partial charge in [0.2, 0.25) is 0 Å². The minimum absolute atomic E-state index is 0. The number of aliphatic imine (C=N–C) groups is 1. The van der Waals surface area contributed by atoms with Crippen molar-refractivity contribution < 1.29 is 13.2 Å². The van der Waals surface area contributed by atoms with E-state index < -0.39 is 11.7 Å². The fourth-order valence-electron chi connectivity index (χ4n) is 2.19. The van der Waals surface area contributed by atoms with E-state index in [1.165, 1.54) is 12.1 Å². The fraction of sp³-hybridized carbons (Fsp3) is 0.375. The Morgan fingerprint density at radius 1 is 1.28 bits per heavy atom. The van der Waals surface area contributed by atoms with Crippen LogP contribution in [0.5, 0.6) is 0 Å². The Labute approximate surface area is 166 Å². The SMILES string of the molecule is CN=C(NCc1cnc(C)s1)N(C)Cc1ccc(C(F)(F)F)cc1.I. The number of nitrogens with zero attached hydrogens (tertiary/aromatic N) is 3. The molecule has 0 aliphatic heterocycles. The molecule has 0 fully saturated rings. The summed E-state index contributed by atoms with van der Waals surface area (Å²) >= 11 is 1.61. The van der Waals surface area contributed by atoms with Crippen LogP contribution >= 0.6 is 35.3 Å². The molecule has 1 heterocycles. The van der Waals surface area contributed by atoms with Gasteiger partial charge in [0.1, 0.15) is 0 Å². The summed E-state index contributed by atoms with van der Waals surface area (Å²) in [4.78, 5) is 11.3. The first-order valence-electron chi connectivity index (χ1n) is 7.29. The zero-order valence-electron chi connectivity index (χ0n) is 14.1. The third-order valence-electron chi connectivity index (χ3n) is 3.36. The molecule has 0 spiro atoms. The van der Waals surface area contributed by atoms with Crippen LogP contribution in [0.3, 0.4) is 0 Å². The molecule has 0 aliphatic rings. The van der Waals surface area contributed by atoms with Gasteiger partial charge in [-0.1, -0.05) is 12.1 Å². The van der Waals surface area contributed by atoms with Gasteiger partial charge in [-0.15, -0.1) is 35.3 Å². The molecule has 138 valence electrons. The number of thiazole rings is 1. The minimum atomic E-state index is -4.31. The van der Waals surface area contributed by atoms with Gasteiger partial charge in [-0.3, -0.25) is 4.99 Å². The zero-order chi connectivity index (χ0) is 17.7. The van der Waals surface area contributed by atoms with Gasteiger partial charge in [-0.2, -0.15) is 13.2 Å². The van der Waals surface area contributed by atoms with Crippen molar-refractivity contribution in [2.24, 2.45) is 4.99 Å². The van der Waals surface area contributed by atoms with E-state index in [-0.39, 0.29) is 24.0 Å². The molecule has 9 heteroatoms. The molecule has 0 saturated carbocycles. The number of halogens is 4. The molecule has 0 aliphatic carbocycles. The van der Waals surface area contributed by atoms with Crippen molar-refractivity contribution in [3.05, 3.63) is 51.5 Å². The standard InChI is InChI=1S/C16H19F3N4S.HI/c1-11-21-8-14(24-11)9-22-15(20-2)23(3)10-12-4-6-13(7-5-12)16(17,18)19;/h4-8H,9-10H2,1-3H3,(H,20,22);1H. The fourth-order valence-corrected chi connectivity index (χ4v) is 2.92. The van der Waals surface area contributed by atoms with Crippen LogP contribution in [0.15, 0.2) is 35.5 Å².